The number of rotatable bonds is 6. The summed E-state index contributed by atoms with van der Waals surface area (Å²) in [4.78, 5) is 0.237. The van der Waals surface area contributed by atoms with E-state index in [0.717, 1.165) is 16.8 Å². The van der Waals surface area contributed by atoms with Crippen LogP contribution in [0, 0.1) is 5.41 Å². The van der Waals surface area contributed by atoms with Crippen LogP contribution in [-0.4, -0.2) is 54.8 Å². The van der Waals surface area contributed by atoms with Gasteiger partial charge in [-0.3, -0.25) is 5.41 Å². The molecule has 0 saturated carbocycles. The molecular formula is C22H24N6O3S. The Hall–Kier alpha value is -3.47. The number of morpholine rings is 1. The number of nitrogens with one attached hydrogen (secondary N) is 2. The first-order chi connectivity index (χ1) is 15.4. The van der Waals surface area contributed by atoms with E-state index in [1.807, 2.05) is 36.5 Å². The summed E-state index contributed by atoms with van der Waals surface area (Å²) in [5.41, 5.74) is 8.46. The maximum Gasteiger partial charge on any atom is 0.243 e. The number of sulfonamides is 1. The van der Waals surface area contributed by atoms with Crippen molar-refractivity contribution in [3.8, 4) is 16.9 Å². The van der Waals surface area contributed by atoms with Crippen molar-refractivity contribution in [3.05, 3.63) is 72.6 Å². The molecule has 1 saturated heterocycles. The van der Waals surface area contributed by atoms with E-state index >= 15 is 0 Å². The van der Waals surface area contributed by atoms with Crippen molar-refractivity contribution in [1.29, 1.82) is 5.41 Å². The average molecular weight is 453 g/mol. The zero-order valence-corrected chi connectivity index (χ0v) is 18.1. The minimum absolute atomic E-state index is 0.170. The largest absolute Gasteiger partial charge is 0.379 e. The van der Waals surface area contributed by atoms with E-state index in [1.54, 1.807) is 41.2 Å². The average Bonchev–Trinajstić information content (AvgIpc) is 3.24. The zero-order valence-electron chi connectivity index (χ0n) is 17.3. The fourth-order valence-electron chi connectivity index (χ4n) is 3.39. The fourth-order valence-corrected chi connectivity index (χ4v) is 4.80. The Bertz CT molecular complexity index is 1210. The van der Waals surface area contributed by atoms with Gasteiger partial charge >= 0.3 is 0 Å². The Kier molecular flexibility index (Phi) is 6.35. The second-order valence-electron chi connectivity index (χ2n) is 7.15. The van der Waals surface area contributed by atoms with Gasteiger partial charge in [0.15, 0.2) is 5.96 Å². The monoisotopic (exact) mass is 452 g/mol. The Morgan fingerprint density at radius 3 is 2.44 bits per heavy atom. The topological polar surface area (TPSA) is 126 Å². The van der Waals surface area contributed by atoms with Gasteiger partial charge in [0.05, 0.1) is 23.8 Å². The first-order valence-electron chi connectivity index (χ1n) is 10.1. The maximum atomic E-state index is 12.9. The summed E-state index contributed by atoms with van der Waals surface area (Å²) in [5.74, 6) is -0.170. The lowest BCUT2D eigenvalue weighted by Gasteiger charge is -2.26. The molecule has 0 amide bonds. The molecule has 0 aliphatic carbocycles. The lowest BCUT2D eigenvalue weighted by atomic mass is 10.1. The van der Waals surface area contributed by atoms with Crippen molar-refractivity contribution in [3.63, 3.8) is 0 Å². The van der Waals surface area contributed by atoms with Gasteiger partial charge < -0.3 is 15.8 Å². The van der Waals surface area contributed by atoms with Crippen LogP contribution < -0.4 is 11.1 Å². The van der Waals surface area contributed by atoms with Crippen molar-refractivity contribution in [2.75, 3.05) is 26.3 Å². The highest BCUT2D eigenvalue weighted by Gasteiger charge is 2.26. The van der Waals surface area contributed by atoms with E-state index in [-0.39, 0.29) is 10.9 Å². The number of hydrogen-bond acceptors (Lipinski definition) is 5. The molecule has 0 radical (unpaired) electrons. The van der Waals surface area contributed by atoms with Gasteiger partial charge in [-0.2, -0.15) is 9.40 Å². The van der Waals surface area contributed by atoms with Crippen LogP contribution >= 0.6 is 0 Å². The van der Waals surface area contributed by atoms with Crippen LogP contribution in [0.2, 0.25) is 0 Å². The van der Waals surface area contributed by atoms with Gasteiger partial charge in [0.1, 0.15) is 5.69 Å². The molecular weight excluding hydrogens is 428 g/mol. The fraction of sp³-hybridized carbons (Fsp3) is 0.182. The molecule has 32 heavy (non-hydrogen) atoms. The summed E-state index contributed by atoms with van der Waals surface area (Å²) in [6.45, 7) is 1.50. The molecule has 1 aliphatic heterocycles. The van der Waals surface area contributed by atoms with Crippen molar-refractivity contribution in [1.82, 2.24) is 19.4 Å². The second kappa shape index (κ2) is 9.35. The normalized spacial score (nSPS) is 15.1. The molecule has 0 unspecified atom stereocenters. The summed E-state index contributed by atoms with van der Waals surface area (Å²) >= 11 is 0. The Labute approximate surface area is 186 Å². The van der Waals surface area contributed by atoms with Crippen molar-refractivity contribution in [2.45, 2.75) is 4.90 Å². The highest BCUT2D eigenvalue weighted by molar-refractivity contribution is 7.89. The van der Waals surface area contributed by atoms with Crippen LogP contribution in [0.5, 0.6) is 0 Å². The third-order valence-electron chi connectivity index (χ3n) is 5.00. The molecule has 10 heteroatoms. The SMILES string of the molecule is N=C(N)N/C=C/c1cn(-c2ccccc2)nc1-c1ccc(S(=O)(=O)N2CCOCC2)cc1. The Balaban J connectivity index is 1.68. The summed E-state index contributed by atoms with van der Waals surface area (Å²) < 4.78 is 34.2. The minimum Gasteiger partial charge on any atom is -0.379 e. The summed E-state index contributed by atoms with van der Waals surface area (Å²) in [5, 5.41) is 14.7. The predicted octanol–water partition coefficient (Wildman–Crippen LogP) is 2.01. The Morgan fingerprint density at radius 1 is 1.09 bits per heavy atom. The van der Waals surface area contributed by atoms with Gasteiger partial charge in [0.2, 0.25) is 10.0 Å². The second-order valence-corrected chi connectivity index (χ2v) is 9.08. The number of hydrogen-bond donors (Lipinski definition) is 3. The van der Waals surface area contributed by atoms with E-state index in [0.29, 0.717) is 32.0 Å². The molecule has 2 aromatic carbocycles. The number of aromatic nitrogens is 2. The summed E-state index contributed by atoms with van der Waals surface area (Å²) in [7, 11) is -3.57. The standard InChI is InChI=1S/C22H24N6O3S/c23-22(24)25-11-10-18-16-28(19-4-2-1-3-5-19)26-21(18)17-6-8-20(9-7-17)32(29,30)27-12-14-31-15-13-27/h1-11,16H,12-15H2,(H4,23,24,25)/b11-10+. The van der Waals surface area contributed by atoms with Crippen LogP contribution in [0.3, 0.4) is 0 Å². The van der Waals surface area contributed by atoms with Gasteiger partial charge in [-0.1, -0.05) is 30.3 Å². The molecule has 0 bridgehead atoms. The van der Waals surface area contributed by atoms with Crippen molar-refractivity contribution in [2.24, 2.45) is 5.73 Å². The Morgan fingerprint density at radius 2 is 1.78 bits per heavy atom. The number of nitrogens with two attached hydrogens (primary N) is 1. The first kappa shape index (κ1) is 21.8. The predicted molar refractivity (Wildman–Crippen MR) is 123 cm³/mol. The quantitative estimate of drug-likeness (QED) is 0.388. The van der Waals surface area contributed by atoms with Crippen molar-refractivity contribution >= 4 is 22.1 Å². The molecule has 1 aliphatic rings. The molecule has 1 aromatic heterocycles. The molecule has 4 rings (SSSR count). The maximum absolute atomic E-state index is 12.9. The van der Waals surface area contributed by atoms with E-state index < -0.39 is 10.0 Å². The lowest BCUT2D eigenvalue weighted by molar-refractivity contribution is 0.0730. The van der Waals surface area contributed by atoms with E-state index in [4.69, 9.17) is 21.0 Å². The highest BCUT2D eigenvalue weighted by Crippen LogP contribution is 2.27. The zero-order chi connectivity index (χ0) is 22.6. The van der Waals surface area contributed by atoms with E-state index in [9.17, 15) is 8.42 Å². The molecule has 4 N–H and O–H groups in total. The van der Waals surface area contributed by atoms with Gasteiger partial charge in [-0.05, 0) is 30.3 Å². The molecule has 166 valence electrons. The van der Waals surface area contributed by atoms with Crippen LogP contribution in [0.1, 0.15) is 5.56 Å². The smallest absolute Gasteiger partial charge is 0.243 e. The van der Waals surface area contributed by atoms with Crippen LogP contribution in [-0.2, 0) is 14.8 Å². The molecule has 2 heterocycles. The van der Waals surface area contributed by atoms with Crippen LogP contribution in [0.15, 0.2) is 71.9 Å². The number of nitrogens with zero attached hydrogens (tertiary/aromatic N) is 3. The van der Waals surface area contributed by atoms with Gasteiger partial charge in [0.25, 0.3) is 0 Å². The van der Waals surface area contributed by atoms with Gasteiger partial charge in [-0.25, -0.2) is 13.1 Å². The first-order valence-corrected chi connectivity index (χ1v) is 11.5. The van der Waals surface area contributed by atoms with E-state index in [1.165, 1.54) is 4.31 Å². The molecule has 3 aromatic rings. The number of guanidine groups is 1. The molecule has 9 nitrogen and oxygen atoms in total. The third kappa shape index (κ3) is 4.72. The highest BCUT2D eigenvalue weighted by atomic mass is 32.2. The minimum atomic E-state index is -3.57. The van der Waals surface area contributed by atoms with Crippen LogP contribution in [0.4, 0.5) is 0 Å². The van der Waals surface area contributed by atoms with Crippen molar-refractivity contribution < 1.29 is 13.2 Å². The van der Waals surface area contributed by atoms with Gasteiger partial charge in [-0.15, -0.1) is 0 Å². The van der Waals surface area contributed by atoms with Gasteiger partial charge in [0, 0.05) is 36.6 Å². The number of para-hydroxylation sites is 1. The summed E-state index contributed by atoms with van der Waals surface area (Å²) in [6.07, 6.45) is 5.19. The molecule has 0 atom stereocenters. The lowest BCUT2D eigenvalue weighted by Crippen LogP contribution is -2.40. The summed E-state index contributed by atoms with van der Waals surface area (Å²) in [6, 6.07) is 16.4. The molecule has 0 spiro atoms. The number of ether oxygens (including phenoxy) is 1. The third-order valence-corrected chi connectivity index (χ3v) is 6.91. The van der Waals surface area contributed by atoms with E-state index in [2.05, 4.69) is 5.32 Å². The number of benzene rings is 2. The van der Waals surface area contributed by atoms with Crippen LogP contribution in [0.25, 0.3) is 23.0 Å². The molecule has 1 fully saturated rings.